The molecule has 0 bridgehead atoms. The lowest BCUT2D eigenvalue weighted by Crippen LogP contribution is -2.20. The monoisotopic (exact) mass is 285 g/mol. The first-order valence-corrected chi connectivity index (χ1v) is 6.84. The topological polar surface area (TPSA) is 74.2 Å². The number of rotatable bonds is 6. The number of hydrogen-bond donors (Lipinski definition) is 3. The molecular weight excluding hydrogens is 266 g/mol. The zero-order valence-electron chi connectivity index (χ0n) is 12.0. The van der Waals surface area contributed by atoms with Crippen molar-refractivity contribution >= 4 is 11.7 Å². The van der Waals surface area contributed by atoms with Crippen molar-refractivity contribution in [1.29, 1.82) is 0 Å². The summed E-state index contributed by atoms with van der Waals surface area (Å²) < 4.78 is 0. The minimum atomic E-state index is -0.155. The Morgan fingerprint density at radius 1 is 1.19 bits per heavy atom. The summed E-state index contributed by atoms with van der Waals surface area (Å²) in [6.07, 6.45) is 2.47. The molecule has 2 rings (SSSR count). The van der Waals surface area contributed by atoms with Gasteiger partial charge in [-0.2, -0.15) is 0 Å². The van der Waals surface area contributed by atoms with Crippen LogP contribution in [0.25, 0.3) is 0 Å². The standard InChI is InChI=1S/C16H19N3O2/c1-17-16(21)14-3-2-9-18-15(14)19-10-8-12-4-6-13(11-20)7-5-12/h2-7,9,20H,8,10-11H2,1H3,(H,17,21)(H,18,19). The smallest absolute Gasteiger partial charge is 0.254 e. The number of carbonyl (C=O) groups is 1. The SMILES string of the molecule is CNC(=O)c1cccnc1NCCc1ccc(CO)cc1. The Hall–Kier alpha value is -2.40. The van der Waals surface area contributed by atoms with Gasteiger partial charge in [-0.1, -0.05) is 24.3 Å². The Balaban J connectivity index is 1.95. The first kappa shape index (κ1) is 15.0. The molecule has 21 heavy (non-hydrogen) atoms. The van der Waals surface area contributed by atoms with Gasteiger partial charge in [0.05, 0.1) is 12.2 Å². The van der Waals surface area contributed by atoms with E-state index in [0.29, 0.717) is 17.9 Å². The van der Waals surface area contributed by atoms with E-state index in [1.54, 1.807) is 25.4 Å². The molecule has 0 saturated carbocycles. The van der Waals surface area contributed by atoms with Gasteiger partial charge in [-0.3, -0.25) is 4.79 Å². The van der Waals surface area contributed by atoms with Crippen LogP contribution in [0.1, 0.15) is 21.5 Å². The van der Waals surface area contributed by atoms with Crippen LogP contribution < -0.4 is 10.6 Å². The summed E-state index contributed by atoms with van der Waals surface area (Å²) in [4.78, 5) is 15.9. The third-order valence-corrected chi connectivity index (χ3v) is 3.19. The number of aliphatic hydroxyl groups is 1. The molecule has 1 amide bonds. The Kier molecular flexibility index (Phi) is 5.29. The first-order valence-electron chi connectivity index (χ1n) is 6.84. The van der Waals surface area contributed by atoms with E-state index in [0.717, 1.165) is 17.5 Å². The van der Waals surface area contributed by atoms with Gasteiger partial charge in [-0.25, -0.2) is 4.98 Å². The number of hydrogen-bond acceptors (Lipinski definition) is 4. The second-order valence-corrected chi connectivity index (χ2v) is 4.63. The van der Waals surface area contributed by atoms with Crippen molar-refractivity contribution in [2.45, 2.75) is 13.0 Å². The molecule has 0 radical (unpaired) electrons. The van der Waals surface area contributed by atoms with E-state index in [1.165, 1.54) is 0 Å². The van der Waals surface area contributed by atoms with Crippen molar-refractivity contribution in [3.8, 4) is 0 Å². The van der Waals surface area contributed by atoms with Crippen LogP contribution >= 0.6 is 0 Å². The molecule has 1 aromatic carbocycles. The van der Waals surface area contributed by atoms with Gasteiger partial charge in [0.1, 0.15) is 5.82 Å². The molecule has 5 heteroatoms. The summed E-state index contributed by atoms with van der Waals surface area (Å²) in [6.45, 7) is 0.738. The summed E-state index contributed by atoms with van der Waals surface area (Å²) in [5.41, 5.74) is 2.60. The van der Waals surface area contributed by atoms with Gasteiger partial charge in [0, 0.05) is 19.8 Å². The van der Waals surface area contributed by atoms with Crippen molar-refractivity contribution in [3.63, 3.8) is 0 Å². The normalized spacial score (nSPS) is 10.2. The highest BCUT2D eigenvalue weighted by Gasteiger charge is 2.09. The summed E-state index contributed by atoms with van der Waals surface area (Å²) in [5, 5.41) is 14.8. The lowest BCUT2D eigenvalue weighted by Gasteiger charge is -2.10. The average Bonchev–Trinajstić information content (AvgIpc) is 2.55. The molecule has 110 valence electrons. The fourth-order valence-electron chi connectivity index (χ4n) is 2.00. The van der Waals surface area contributed by atoms with Crippen LogP contribution in [0.5, 0.6) is 0 Å². The van der Waals surface area contributed by atoms with Gasteiger partial charge in [-0.05, 0) is 29.7 Å². The molecule has 3 N–H and O–H groups in total. The third-order valence-electron chi connectivity index (χ3n) is 3.19. The van der Waals surface area contributed by atoms with E-state index in [4.69, 9.17) is 5.11 Å². The number of benzene rings is 1. The van der Waals surface area contributed by atoms with Gasteiger partial charge in [-0.15, -0.1) is 0 Å². The minimum absolute atomic E-state index is 0.0575. The van der Waals surface area contributed by atoms with E-state index in [-0.39, 0.29) is 12.5 Å². The zero-order valence-corrected chi connectivity index (χ0v) is 12.0. The van der Waals surface area contributed by atoms with Crippen molar-refractivity contribution in [2.75, 3.05) is 18.9 Å². The minimum Gasteiger partial charge on any atom is -0.392 e. The Bertz CT molecular complexity index is 597. The highest BCUT2D eigenvalue weighted by Crippen LogP contribution is 2.11. The van der Waals surface area contributed by atoms with Crippen LogP contribution in [-0.2, 0) is 13.0 Å². The first-order chi connectivity index (χ1) is 10.2. The van der Waals surface area contributed by atoms with Crippen molar-refractivity contribution in [1.82, 2.24) is 10.3 Å². The molecule has 1 aromatic heterocycles. The van der Waals surface area contributed by atoms with E-state index < -0.39 is 0 Å². The number of nitrogens with zero attached hydrogens (tertiary/aromatic N) is 1. The van der Waals surface area contributed by atoms with Gasteiger partial charge < -0.3 is 15.7 Å². The number of anilines is 1. The molecular formula is C16H19N3O2. The number of amides is 1. The fourth-order valence-corrected chi connectivity index (χ4v) is 2.00. The molecule has 0 saturated heterocycles. The van der Waals surface area contributed by atoms with Crippen LogP contribution in [0, 0.1) is 0 Å². The molecule has 5 nitrogen and oxygen atoms in total. The molecule has 0 aliphatic rings. The average molecular weight is 285 g/mol. The van der Waals surface area contributed by atoms with Gasteiger partial charge >= 0.3 is 0 Å². The molecule has 2 aromatic rings. The lowest BCUT2D eigenvalue weighted by atomic mass is 10.1. The summed E-state index contributed by atoms with van der Waals surface area (Å²) >= 11 is 0. The molecule has 0 aliphatic carbocycles. The predicted octanol–water partition coefficient (Wildman–Crippen LogP) is 1.59. The number of nitrogens with one attached hydrogen (secondary N) is 2. The number of aromatic nitrogens is 1. The molecule has 0 fully saturated rings. The molecule has 1 heterocycles. The number of carbonyl (C=O) groups excluding carboxylic acids is 1. The highest BCUT2D eigenvalue weighted by molar-refractivity contribution is 5.98. The van der Waals surface area contributed by atoms with Crippen LogP contribution in [0.3, 0.4) is 0 Å². The van der Waals surface area contributed by atoms with Crippen molar-refractivity contribution in [3.05, 3.63) is 59.3 Å². The Labute approximate surface area is 124 Å². The van der Waals surface area contributed by atoms with Crippen LogP contribution in [0.4, 0.5) is 5.82 Å². The summed E-state index contributed by atoms with van der Waals surface area (Å²) in [5.74, 6) is 0.432. The summed E-state index contributed by atoms with van der Waals surface area (Å²) in [6, 6.07) is 11.3. The fraction of sp³-hybridized carbons (Fsp3) is 0.250. The van der Waals surface area contributed by atoms with E-state index in [9.17, 15) is 4.79 Å². The molecule has 0 spiro atoms. The zero-order chi connectivity index (χ0) is 15.1. The second-order valence-electron chi connectivity index (χ2n) is 4.63. The Morgan fingerprint density at radius 3 is 2.57 bits per heavy atom. The third kappa shape index (κ3) is 4.03. The quantitative estimate of drug-likeness (QED) is 0.753. The molecule has 0 aliphatic heterocycles. The maximum atomic E-state index is 11.7. The summed E-state index contributed by atoms with van der Waals surface area (Å²) in [7, 11) is 1.60. The van der Waals surface area contributed by atoms with Gasteiger partial charge in [0.25, 0.3) is 5.91 Å². The molecule has 0 unspecified atom stereocenters. The lowest BCUT2D eigenvalue weighted by molar-refractivity contribution is 0.0963. The Morgan fingerprint density at radius 2 is 1.90 bits per heavy atom. The van der Waals surface area contributed by atoms with Gasteiger partial charge in [0.15, 0.2) is 0 Å². The largest absolute Gasteiger partial charge is 0.392 e. The maximum absolute atomic E-state index is 11.7. The predicted molar refractivity (Wildman–Crippen MR) is 82.2 cm³/mol. The van der Waals surface area contributed by atoms with E-state index in [1.807, 2.05) is 24.3 Å². The molecule has 0 atom stereocenters. The van der Waals surface area contributed by atoms with E-state index >= 15 is 0 Å². The maximum Gasteiger partial charge on any atom is 0.254 e. The van der Waals surface area contributed by atoms with Gasteiger partial charge in [0.2, 0.25) is 0 Å². The van der Waals surface area contributed by atoms with Crippen molar-refractivity contribution in [2.24, 2.45) is 0 Å². The second kappa shape index (κ2) is 7.40. The van der Waals surface area contributed by atoms with Crippen LogP contribution in [-0.4, -0.2) is 29.6 Å². The number of pyridine rings is 1. The van der Waals surface area contributed by atoms with E-state index in [2.05, 4.69) is 15.6 Å². The number of aliphatic hydroxyl groups excluding tert-OH is 1. The van der Waals surface area contributed by atoms with Crippen LogP contribution in [0.15, 0.2) is 42.6 Å². The highest BCUT2D eigenvalue weighted by atomic mass is 16.3. The van der Waals surface area contributed by atoms with Crippen LogP contribution in [0.2, 0.25) is 0 Å². The van der Waals surface area contributed by atoms with Crippen molar-refractivity contribution < 1.29 is 9.90 Å².